The van der Waals surface area contributed by atoms with Gasteiger partial charge in [-0.1, -0.05) is 12.1 Å². The predicted octanol–water partition coefficient (Wildman–Crippen LogP) is 1.99. The summed E-state index contributed by atoms with van der Waals surface area (Å²) in [4.78, 5) is 23.7. The quantitative estimate of drug-likeness (QED) is 0.627. The number of aromatic nitrogens is 3. The van der Waals surface area contributed by atoms with Gasteiger partial charge in [0.25, 0.3) is 0 Å². The van der Waals surface area contributed by atoms with E-state index in [1.807, 2.05) is 18.2 Å². The lowest BCUT2D eigenvalue weighted by Gasteiger charge is -2.13. The van der Waals surface area contributed by atoms with Crippen LogP contribution in [0.1, 0.15) is 12.0 Å². The first kappa shape index (κ1) is 19.4. The van der Waals surface area contributed by atoms with Crippen molar-refractivity contribution >= 4 is 21.7 Å². The summed E-state index contributed by atoms with van der Waals surface area (Å²) in [6.45, 7) is 0. The molecule has 1 amide bonds. The largest absolute Gasteiger partial charge is 0.370 e. The van der Waals surface area contributed by atoms with Gasteiger partial charge in [-0.05, 0) is 41.3 Å². The number of hydrogen-bond acceptors (Lipinski definition) is 6. The van der Waals surface area contributed by atoms with Crippen LogP contribution in [-0.4, -0.2) is 35.5 Å². The number of pyridine rings is 1. The van der Waals surface area contributed by atoms with Gasteiger partial charge in [-0.2, -0.15) is 0 Å². The van der Waals surface area contributed by atoms with Gasteiger partial charge in [0.15, 0.2) is 0 Å². The summed E-state index contributed by atoms with van der Waals surface area (Å²) < 4.78 is 25.3. The SMILES string of the molecule is CS(=O)(=O)Nc1cc(-c2ccc(-c3cnccn3)cc2CCC(N)=O)ccn1. The van der Waals surface area contributed by atoms with E-state index in [4.69, 9.17) is 5.73 Å². The minimum atomic E-state index is -3.44. The van der Waals surface area contributed by atoms with Crippen LogP contribution in [0.5, 0.6) is 0 Å². The lowest BCUT2D eigenvalue weighted by atomic mass is 9.94. The first-order chi connectivity index (χ1) is 13.3. The number of aryl methyl sites for hydroxylation is 1. The van der Waals surface area contributed by atoms with Gasteiger partial charge in [-0.25, -0.2) is 13.4 Å². The third kappa shape index (κ3) is 5.10. The molecule has 2 heterocycles. The highest BCUT2D eigenvalue weighted by Gasteiger charge is 2.12. The molecule has 0 bridgehead atoms. The molecule has 0 aliphatic rings. The lowest BCUT2D eigenvalue weighted by molar-refractivity contribution is -0.117. The molecule has 0 aliphatic carbocycles. The second-order valence-electron chi connectivity index (χ2n) is 6.23. The monoisotopic (exact) mass is 397 g/mol. The fraction of sp³-hybridized carbons (Fsp3) is 0.158. The fourth-order valence-electron chi connectivity index (χ4n) is 2.79. The second-order valence-corrected chi connectivity index (χ2v) is 7.98. The van der Waals surface area contributed by atoms with Crippen LogP contribution in [0.25, 0.3) is 22.4 Å². The molecular formula is C19H19N5O3S. The van der Waals surface area contributed by atoms with E-state index in [0.717, 1.165) is 28.5 Å². The number of primary amides is 1. The van der Waals surface area contributed by atoms with Crippen molar-refractivity contribution in [2.45, 2.75) is 12.8 Å². The molecule has 0 saturated heterocycles. The van der Waals surface area contributed by atoms with Crippen LogP contribution < -0.4 is 10.5 Å². The number of amides is 1. The number of hydrogen-bond donors (Lipinski definition) is 2. The number of anilines is 1. The summed E-state index contributed by atoms with van der Waals surface area (Å²) in [7, 11) is -3.44. The molecule has 0 unspecified atom stereocenters. The van der Waals surface area contributed by atoms with Gasteiger partial charge in [0, 0.05) is 30.6 Å². The summed E-state index contributed by atoms with van der Waals surface area (Å²) in [5, 5.41) is 0. The average Bonchev–Trinajstić information content (AvgIpc) is 2.65. The molecule has 0 atom stereocenters. The van der Waals surface area contributed by atoms with E-state index in [2.05, 4.69) is 19.7 Å². The van der Waals surface area contributed by atoms with Crippen LogP contribution in [0.2, 0.25) is 0 Å². The summed E-state index contributed by atoms with van der Waals surface area (Å²) >= 11 is 0. The number of nitrogens with zero attached hydrogens (tertiary/aromatic N) is 3. The molecule has 28 heavy (non-hydrogen) atoms. The maximum Gasteiger partial charge on any atom is 0.230 e. The molecule has 8 nitrogen and oxygen atoms in total. The molecule has 144 valence electrons. The van der Waals surface area contributed by atoms with Crippen LogP contribution >= 0.6 is 0 Å². The zero-order valence-corrected chi connectivity index (χ0v) is 16.0. The van der Waals surface area contributed by atoms with E-state index in [0.29, 0.717) is 12.1 Å². The third-order valence-electron chi connectivity index (χ3n) is 3.97. The minimum absolute atomic E-state index is 0.191. The van der Waals surface area contributed by atoms with E-state index in [-0.39, 0.29) is 12.2 Å². The third-order valence-corrected chi connectivity index (χ3v) is 4.55. The first-order valence-corrected chi connectivity index (χ1v) is 10.3. The Morgan fingerprint density at radius 3 is 2.57 bits per heavy atom. The second kappa shape index (κ2) is 8.13. The van der Waals surface area contributed by atoms with Gasteiger partial charge in [0.2, 0.25) is 15.9 Å². The topological polar surface area (TPSA) is 128 Å². The Bertz CT molecular complexity index is 1100. The number of nitrogens with one attached hydrogen (secondary N) is 1. The Hall–Kier alpha value is -3.33. The molecule has 0 fully saturated rings. The smallest absolute Gasteiger partial charge is 0.230 e. The Morgan fingerprint density at radius 1 is 1.07 bits per heavy atom. The Morgan fingerprint density at radius 2 is 1.89 bits per heavy atom. The molecule has 3 rings (SSSR count). The highest BCUT2D eigenvalue weighted by atomic mass is 32.2. The number of carbonyl (C=O) groups excluding carboxylic acids is 1. The van der Waals surface area contributed by atoms with Gasteiger partial charge in [-0.15, -0.1) is 0 Å². The van der Waals surface area contributed by atoms with E-state index in [1.165, 1.54) is 6.20 Å². The zero-order chi connectivity index (χ0) is 20.1. The van der Waals surface area contributed by atoms with Crippen molar-refractivity contribution in [3.05, 3.63) is 60.7 Å². The molecule has 0 saturated carbocycles. The average molecular weight is 397 g/mol. The van der Waals surface area contributed by atoms with Gasteiger partial charge >= 0.3 is 0 Å². The van der Waals surface area contributed by atoms with E-state index < -0.39 is 15.9 Å². The maximum atomic E-state index is 11.5. The standard InChI is InChI=1S/C19H19N5O3S/c1-28(26,27)24-19-11-14(6-7-23-19)16-4-2-15(17-12-21-8-9-22-17)10-13(16)3-5-18(20)25/h2,4,6-12H,3,5H2,1H3,(H2,20,25)(H,23,24). The summed E-state index contributed by atoms with van der Waals surface area (Å²) in [6, 6.07) is 9.16. The van der Waals surface area contributed by atoms with E-state index >= 15 is 0 Å². The van der Waals surface area contributed by atoms with Gasteiger partial charge in [-0.3, -0.25) is 19.5 Å². The molecule has 9 heteroatoms. The molecular weight excluding hydrogens is 378 g/mol. The van der Waals surface area contributed by atoms with Crippen molar-refractivity contribution in [3.8, 4) is 22.4 Å². The fourth-order valence-corrected chi connectivity index (χ4v) is 3.28. The van der Waals surface area contributed by atoms with Crippen molar-refractivity contribution in [2.75, 3.05) is 11.0 Å². The zero-order valence-electron chi connectivity index (χ0n) is 15.2. The lowest BCUT2D eigenvalue weighted by Crippen LogP contribution is -2.12. The van der Waals surface area contributed by atoms with E-state index in [9.17, 15) is 13.2 Å². The summed E-state index contributed by atoms with van der Waals surface area (Å²) in [6.07, 6.45) is 8.09. The summed E-state index contributed by atoms with van der Waals surface area (Å²) in [5.41, 5.74) is 9.41. The van der Waals surface area contributed by atoms with Crippen LogP contribution in [0, 0.1) is 0 Å². The van der Waals surface area contributed by atoms with Crippen molar-refractivity contribution in [1.29, 1.82) is 0 Å². The number of carbonyl (C=O) groups is 1. The molecule has 0 spiro atoms. The first-order valence-electron chi connectivity index (χ1n) is 8.44. The molecule has 0 radical (unpaired) electrons. The van der Waals surface area contributed by atoms with E-state index in [1.54, 1.807) is 30.7 Å². The van der Waals surface area contributed by atoms with Crippen LogP contribution in [0.15, 0.2) is 55.1 Å². The van der Waals surface area contributed by atoms with Crippen molar-refractivity contribution < 1.29 is 13.2 Å². The Kier molecular flexibility index (Phi) is 5.65. The predicted molar refractivity (Wildman–Crippen MR) is 107 cm³/mol. The van der Waals surface area contributed by atoms with Gasteiger partial charge in [0.1, 0.15) is 5.82 Å². The highest BCUT2D eigenvalue weighted by molar-refractivity contribution is 7.92. The van der Waals surface area contributed by atoms with Gasteiger partial charge in [0.05, 0.1) is 18.1 Å². The number of rotatable bonds is 7. The van der Waals surface area contributed by atoms with Crippen molar-refractivity contribution in [2.24, 2.45) is 5.73 Å². The summed E-state index contributed by atoms with van der Waals surface area (Å²) in [5.74, 6) is -0.177. The highest BCUT2D eigenvalue weighted by Crippen LogP contribution is 2.30. The Labute approximate surface area is 162 Å². The van der Waals surface area contributed by atoms with Crippen LogP contribution in [0.4, 0.5) is 5.82 Å². The molecule has 1 aromatic carbocycles. The molecule has 2 aromatic heterocycles. The molecule has 0 aliphatic heterocycles. The molecule has 3 N–H and O–H groups in total. The number of benzene rings is 1. The number of nitrogens with two attached hydrogens (primary N) is 1. The van der Waals surface area contributed by atoms with Crippen LogP contribution in [-0.2, 0) is 21.2 Å². The maximum absolute atomic E-state index is 11.5. The van der Waals surface area contributed by atoms with Crippen LogP contribution in [0.3, 0.4) is 0 Å². The normalized spacial score (nSPS) is 11.2. The molecule has 3 aromatic rings. The number of sulfonamides is 1. The Balaban J connectivity index is 2.04. The van der Waals surface area contributed by atoms with Crippen molar-refractivity contribution in [3.63, 3.8) is 0 Å². The minimum Gasteiger partial charge on any atom is -0.370 e. The van der Waals surface area contributed by atoms with Crippen molar-refractivity contribution in [1.82, 2.24) is 15.0 Å². The van der Waals surface area contributed by atoms with Gasteiger partial charge < -0.3 is 5.73 Å².